The second-order valence-electron chi connectivity index (χ2n) is 6.59. The van der Waals surface area contributed by atoms with Crippen molar-refractivity contribution in [3.8, 4) is 5.75 Å². The zero-order valence-electron chi connectivity index (χ0n) is 14.6. The van der Waals surface area contributed by atoms with Crippen molar-refractivity contribution in [2.45, 2.75) is 45.8 Å². The highest BCUT2D eigenvalue weighted by atomic mass is 19.1. The van der Waals surface area contributed by atoms with Crippen molar-refractivity contribution in [3.05, 3.63) is 35.1 Å². The SMILES string of the molecule is CCOC(=O)c1c(F)ccc2c1OB(OC(C)(C)C(C)(C)O)C=C2. The normalized spacial score (nSPS) is 14.2. The molecule has 2 rings (SSSR count). The van der Waals surface area contributed by atoms with Gasteiger partial charge in [0.15, 0.2) is 0 Å². The molecule has 5 nitrogen and oxygen atoms in total. The summed E-state index contributed by atoms with van der Waals surface area (Å²) in [5.74, 6) is 0.209. The molecule has 130 valence electrons. The highest BCUT2D eigenvalue weighted by Crippen LogP contribution is 2.34. The molecule has 0 aromatic heterocycles. The van der Waals surface area contributed by atoms with E-state index in [2.05, 4.69) is 0 Å². The van der Waals surface area contributed by atoms with Crippen molar-refractivity contribution in [2.24, 2.45) is 0 Å². The summed E-state index contributed by atoms with van der Waals surface area (Å²) in [4.78, 5) is 12.0. The van der Waals surface area contributed by atoms with Crippen molar-refractivity contribution in [3.63, 3.8) is 0 Å². The number of aliphatic hydroxyl groups is 1. The molecule has 24 heavy (non-hydrogen) atoms. The Labute approximate surface area is 141 Å². The van der Waals surface area contributed by atoms with Crippen LogP contribution in [0.25, 0.3) is 6.08 Å². The van der Waals surface area contributed by atoms with Gasteiger partial charge < -0.3 is 19.2 Å². The van der Waals surface area contributed by atoms with E-state index in [1.807, 2.05) is 0 Å². The molecule has 0 atom stereocenters. The number of benzene rings is 1. The van der Waals surface area contributed by atoms with Gasteiger partial charge >= 0.3 is 13.1 Å². The molecule has 1 N–H and O–H groups in total. The van der Waals surface area contributed by atoms with Crippen LogP contribution in [0, 0.1) is 5.82 Å². The Morgan fingerprint density at radius 1 is 1.33 bits per heavy atom. The van der Waals surface area contributed by atoms with E-state index in [0.717, 1.165) is 0 Å². The fourth-order valence-corrected chi connectivity index (χ4v) is 2.06. The second kappa shape index (κ2) is 6.57. The van der Waals surface area contributed by atoms with Crippen LogP contribution >= 0.6 is 0 Å². The lowest BCUT2D eigenvalue weighted by Crippen LogP contribution is -2.51. The van der Waals surface area contributed by atoms with E-state index in [0.29, 0.717) is 5.56 Å². The average molecular weight is 336 g/mol. The molecule has 0 amide bonds. The van der Waals surface area contributed by atoms with E-state index in [-0.39, 0.29) is 17.9 Å². The van der Waals surface area contributed by atoms with Gasteiger partial charge in [0.2, 0.25) is 0 Å². The van der Waals surface area contributed by atoms with Gasteiger partial charge in [-0.3, -0.25) is 0 Å². The number of hydrogen-bond acceptors (Lipinski definition) is 5. The third-order valence-electron chi connectivity index (χ3n) is 4.17. The smallest absolute Gasteiger partial charge is 0.531 e. The number of fused-ring (bicyclic) bond motifs is 1. The molecule has 7 heteroatoms. The average Bonchev–Trinajstić information content (AvgIpc) is 2.45. The monoisotopic (exact) mass is 336 g/mol. The summed E-state index contributed by atoms with van der Waals surface area (Å²) in [5.41, 5.74) is -1.76. The van der Waals surface area contributed by atoms with Crippen molar-refractivity contribution < 1.29 is 28.3 Å². The van der Waals surface area contributed by atoms with E-state index in [1.54, 1.807) is 46.7 Å². The first-order valence-electron chi connectivity index (χ1n) is 7.81. The number of hydrogen-bond donors (Lipinski definition) is 1. The van der Waals surface area contributed by atoms with Crippen LogP contribution in [0.3, 0.4) is 0 Å². The third-order valence-corrected chi connectivity index (χ3v) is 4.17. The van der Waals surface area contributed by atoms with Crippen molar-refractivity contribution in [2.75, 3.05) is 6.61 Å². The lowest BCUT2D eigenvalue weighted by molar-refractivity contribution is -0.0977. The molecule has 1 aromatic carbocycles. The highest BCUT2D eigenvalue weighted by Gasteiger charge is 2.41. The van der Waals surface area contributed by atoms with Gasteiger partial charge in [-0.25, -0.2) is 9.18 Å². The Balaban J connectivity index is 2.33. The number of carbonyl (C=O) groups is 1. The van der Waals surface area contributed by atoms with Crippen molar-refractivity contribution in [1.82, 2.24) is 0 Å². The van der Waals surface area contributed by atoms with E-state index < -0.39 is 30.1 Å². The van der Waals surface area contributed by atoms with Gasteiger partial charge in [0, 0.05) is 5.56 Å². The quantitative estimate of drug-likeness (QED) is 0.661. The fraction of sp³-hybridized carbons (Fsp3) is 0.471. The molecule has 0 saturated carbocycles. The maximum absolute atomic E-state index is 14.1. The van der Waals surface area contributed by atoms with Gasteiger partial charge in [-0.15, -0.1) is 0 Å². The fourth-order valence-electron chi connectivity index (χ4n) is 2.06. The molecular formula is C17H22BFO5. The first kappa shape index (κ1) is 18.5. The molecule has 0 aliphatic carbocycles. The lowest BCUT2D eigenvalue weighted by Gasteiger charge is -2.39. The largest absolute Gasteiger partial charge is 0.555 e. The predicted octanol–water partition coefficient (Wildman–Crippen LogP) is 3.00. The Morgan fingerprint density at radius 2 is 2.00 bits per heavy atom. The molecular weight excluding hydrogens is 314 g/mol. The summed E-state index contributed by atoms with van der Waals surface area (Å²) >= 11 is 0. The first-order chi connectivity index (χ1) is 11.1. The Morgan fingerprint density at radius 3 is 2.58 bits per heavy atom. The number of halogens is 1. The standard InChI is InChI=1S/C17H22BFO5/c1-6-22-15(20)13-12(19)8-7-11-9-10-18(23-14(11)13)24-17(4,5)16(2,3)21/h7-10,21H,6H2,1-5H3. The predicted molar refractivity (Wildman–Crippen MR) is 89.2 cm³/mol. The van der Waals surface area contributed by atoms with Gasteiger partial charge in [0.25, 0.3) is 0 Å². The van der Waals surface area contributed by atoms with Crippen molar-refractivity contribution >= 4 is 19.2 Å². The molecule has 0 unspecified atom stereocenters. The highest BCUT2D eigenvalue weighted by molar-refractivity contribution is 6.53. The van der Waals surface area contributed by atoms with Crippen LogP contribution in [0.4, 0.5) is 4.39 Å². The molecule has 0 spiro atoms. The van der Waals surface area contributed by atoms with Crippen LogP contribution in [0.2, 0.25) is 0 Å². The summed E-state index contributed by atoms with van der Waals surface area (Å²) in [7, 11) is -0.867. The van der Waals surface area contributed by atoms with Gasteiger partial charge in [-0.2, -0.15) is 0 Å². The maximum atomic E-state index is 14.1. The summed E-state index contributed by atoms with van der Waals surface area (Å²) in [5, 5.41) is 10.2. The summed E-state index contributed by atoms with van der Waals surface area (Å²) in [6, 6.07) is 2.71. The number of ether oxygens (including phenoxy) is 1. The Bertz CT molecular complexity index is 664. The molecule has 0 fully saturated rings. The molecule has 0 bridgehead atoms. The van der Waals surface area contributed by atoms with Crippen LogP contribution in [0.5, 0.6) is 5.75 Å². The maximum Gasteiger partial charge on any atom is 0.555 e. The molecule has 1 heterocycles. The van der Waals surface area contributed by atoms with Gasteiger partial charge in [-0.1, -0.05) is 6.08 Å². The van der Waals surface area contributed by atoms with E-state index in [4.69, 9.17) is 14.0 Å². The number of esters is 1. The van der Waals surface area contributed by atoms with E-state index in [9.17, 15) is 14.3 Å². The second-order valence-corrected chi connectivity index (χ2v) is 6.59. The Kier molecular flexibility index (Phi) is 5.06. The summed E-state index contributed by atoms with van der Waals surface area (Å²) in [6.07, 6.45) is 1.69. The minimum Gasteiger partial charge on any atom is -0.531 e. The van der Waals surface area contributed by atoms with Gasteiger partial charge in [-0.05, 0) is 52.7 Å². The first-order valence-corrected chi connectivity index (χ1v) is 7.81. The molecule has 0 radical (unpaired) electrons. The Hall–Kier alpha value is -1.86. The van der Waals surface area contributed by atoms with Gasteiger partial charge in [0.05, 0.1) is 17.8 Å². The minimum absolute atomic E-state index is 0.0764. The van der Waals surface area contributed by atoms with Crippen LogP contribution in [-0.2, 0) is 9.39 Å². The number of rotatable bonds is 5. The summed E-state index contributed by atoms with van der Waals surface area (Å²) in [6.45, 7) is 8.46. The molecule has 1 aliphatic heterocycles. The zero-order valence-corrected chi connectivity index (χ0v) is 14.6. The van der Waals surface area contributed by atoms with Crippen LogP contribution in [0.15, 0.2) is 18.1 Å². The molecule has 1 aromatic rings. The third kappa shape index (κ3) is 3.62. The zero-order chi connectivity index (χ0) is 18.1. The van der Waals surface area contributed by atoms with Crippen LogP contribution < -0.4 is 4.65 Å². The van der Waals surface area contributed by atoms with Gasteiger partial charge in [0.1, 0.15) is 17.1 Å². The molecule has 1 aliphatic rings. The number of carbonyl (C=O) groups excluding carboxylic acids is 1. The van der Waals surface area contributed by atoms with E-state index >= 15 is 0 Å². The topological polar surface area (TPSA) is 65.0 Å². The van der Waals surface area contributed by atoms with Crippen molar-refractivity contribution in [1.29, 1.82) is 0 Å². The summed E-state index contributed by atoms with van der Waals surface area (Å²) < 4.78 is 30.5. The van der Waals surface area contributed by atoms with Crippen LogP contribution in [0.1, 0.15) is 50.5 Å². The van der Waals surface area contributed by atoms with E-state index in [1.165, 1.54) is 12.1 Å². The minimum atomic E-state index is -1.13. The van der Waals surface area contributed by atoms with Crippen LogP contribution in [-0.4, -0.2) is 36.0 Å². The molecule has 0 saturated heterocycles. The lowest BCUT2D eigenvalue weighted by atomic mass is 9.80.